The molecule has 0 saturated heterocycles. The van der Waals surface area contributed by atoms with Gasteiger partial charge in [-0.15, -0.1) is 11.3 Å². The summed E-state index contributed by atoms with van der Waals surface area (Å²) >= 11 is 7.35. The predicted octanol–water partition coefficient (Wildman–Crippen LogP) is 4.71. The average molecular weight is 327 g/mol. The Morgan fingerprint density at radius 3 is 2.81 bits per heavy atom. The highest BCUT2D eigenvalue weighted by Crippen LogP contribution is 2.27. The first-order valence-corrected chi connectivity index (χ1v) is 7.68. The summed E-state index contributed by atoms with van der Waals surface area (Å²) in [6.45, 7) is 3.07. The number of halogens is 1. The molecule has 0 aliphatic heterocycles. The van der Waals surface area contributed by atoms with Gasteiger partial charge in [0.05, 0.1) is 21.9 Å². The Morgan fingerprint density at radius 2 is 2.19 bits per heavy atom. The molecule has 0 bridgehead atoms. The minimum atomic E-state index is -0.425. The van der Waals surface area contributed by atoms with Gasteiger partial charge >= 0.3 is 0 Å². The fraction of sp³-hybridized carbons (Fsp3) is 0.286. The van der Waals surface area contributed by atoms with Crippen molar-refractivity contribution in [3.8, 4) is 5.75 Å². The lowest BCUT2D eigenvalue weighted by molar-refractivity contribution is -0.384. The molecule has 0 unspecified atom stereocenters. The molecule has 0 amide bonds. The Labute approximate surface area is 131 Å². The molecule has 0 radical (unpaired) electrons. The molecule has 0 saturated carbocycles. The minimum Gasteiger partial charge on any atom is -0.493 e. The van der Waals surface area contributed by atoms with E-state index in [1.165, 1.54) is 23.5 Å². The summed E-state index contributed by atoms with van der Waals surface area (Å²) in [5, 5.41) is 14.1. The van der Waals surface area contributed by atoms with Crippen LogP contribution in [0.5, 0.6) is 5.75 Å². The van der Waals surface area contributed by atoms with Crippen molar-refractivity contribution < 1.29 is 9.66 Å². The SMILES string of the molecule is CCCOc1cc(NCc2ccc(Cl)s2)cc([N+](=O)[O-])c1. The van der Waals surface area contributed by atoms with E-state index in [1.807, 2.05) is 19.1 Å². The number of rotatable bonds is 7. The topological polar surface area (TPSA) is 64.4 Å². The number of hydrogen-bond donors (Lipinski definition) is 1. The maximum absolute atomic E-state index is 11.0. The van der Waals surface area contributed by atoms with Crippen LogP contribution in [-0.4, -0.2) is 11.5 Å². The zero-order valence-corrected chi connectivity index (χ0v) is 13.0. The summed E-state index contributed by atoms with van der Waals surface area (Å²) in [7, 11) is 0. The summed E-state index contributed by atoms with van der Waals surface area (Å²) in [5.41, 5.74) is 0.662. The second-order valence-electron chi connectivity index (χ2n) is 4.38. The molecule has 0 aliphatic rings. The lowest BCUT2D eigenvalue weighted by Crippen LogP contribution is -2.01. The molecule has 1 N–H and O–H groups in total. The standard InChI is InChI=1S/C14H15ClN2O3S/c1-2-5-20-12-7-10(6-11(8-12)17(18)19)16-9-13-3-4-14(15)21-13/h3-4,6-8,16H,2,5,9H2,1H3. The molecular formula is C14H15ClN2O3S. The van der Waals surface area contributed by atoms with Crippen molar-refractivity contribution in [1.82, 2.24) is 0 Å². The normalized spacial score (nSPS) is 10.4. The molecule has 2 aromatic rings. The monoisotopic (exact) mass is 326 g/mol. The number of nitrogens with one attached hydrogen (secondary N) is 1. The van der Waals surface area contributed by atoms with E-state index in [2.05, 4.69) is 5.32 Å². The average Bonchev–Trinajstić information content (AvgIpc) is 2.88. The van der Waals surface area contributed by atoms with Crippen LogP contribution >= 0.6 is 22.9 Å². The van der Waals surface area contributed by atoms with E-state index in [9.17, 15) is 10.1 Å². The van der Waals surface area contributed by atoms with Crippen LogP contribution in [0.1, 0.15) is 18.2 Å². The Balaban J connectivity index is 2.12. The first-order chi connectivity index (χ1) is 10.1. The molecule has 1 aromatic heterocycles. The van der Waals surface area contributed by atoms with Crippen LogP contribution in [-0.2, 0) is 6.54 Å². The summed E-state index contributed by atoms with van der Waals surface area (Å²) in [5.74, 6) is 0.498. The van der Waals surface area contributed by atoms with E-state index in [1.54, 1.807) is 6.07 Å². The highest BCUT2D eigenvalue weighted by Gasteiger charge is 2.11. The third-order valence-electron chi connectivity index (χ3n) is 2.67. The largest absolute Gasteiger partial charge is 0.493 e. The summed E-state index contributed by atoms with van der Waals surface area (Å²) in [6.07, 6.45) is 0.846. The maximum atomic E-state index is 11.0. The predicted molar refractivity (Wildman–Crippen MR) is 85.5 cm³/mol. The van der Waals surface area contributed by atoms with Gasteiger partial charge in [0.25, 0.3) is 5.69 Å². The van der Waals surface area contributed by atoms with E-state index >= 15 is 0 Å². The van der Waals surface area contributed by atoms with Gasteiger partial charge in [-0.3, -0.25) is 10.1 Å². The van der Waals surface area contributed by atoms with Crippen molar-refractivity contribution in [1.29, 1.82) is 0 Å². The number of nitro groups is 1. The molecule has 5 nitrogen and oxygen atoms in total. The molecule has 1 aromatic carbocycles. The number of nitro benzene ring substituents is 1. The van der Waals surface area contributed by atoms with Gasteiger partial charge in [0.2, 0.25) is 0 Å². The summed E-state index contributed by atoms with van der Waals surface area (Å²) < 4.78 is 6.20. The van der Waals surface area contributed by atoms with Gasteiger partial charge < -0.3 is 10.1 Å². The van der Waals surface area contributed by atoms with E-state index in [0.29, 0.717) is 24.6 Å². The van der Waals surface area contributed by atoms with E-state index in [-0.39, 0.29) is 5.69 Å². The minimum absolute atomic E-state index is 0.00955. The molecule has 7 heteroatoms. The Kier molecular flexibility index (Phi) is 5.41. The molecule has 0 aliphatic carbocycles. The number of hydrogen-bond acceptors (Lipinski definition) is 5. The molecule has 1 heterocycles. The van der Waals surface area contributed by atoms with Gasteiger partial charge in [-0.2, -0.15) is 0 Å². The molecule has 0 atom stereocenters. The number of thiophene rings is 1. The molecular weight excluding hydrogens is 312 g/mol. The van der Waals surface area contributed by atoms with Crippen LogP contribution in [0, 0.1) is 10.1 Å². The van der Waals surface area contributed by atoms with Crippen LogP contribution in [0.3, 0.4) is 0 Å². The fourth-order valence-electron chi connectivity index (χ4n) is 1.73. The third kappa shape index (κ3) is 4.61. The van der Waals surface area contributed by atoms with Crippen molar-refractivity contribution in [2.45, 2.75) is 19.9 Å². The van der Waals surface area contributed by atoms with Crippen LogP contribution in [0.15, 0.2) is 30.3 Å². The van der Waals surface area contributed by atoms with E-state index < -0.39 is 4.92 Å². The van der Waals surface area contributed by atoms with Gasteiger partial charge in [0.15, 0.2) is 0 Å². The van der Waals surface area contributed by atoms with Crippen molar-refractivity contribution in [3.05, 3.63) is 49.7 Å². The summed E-state index contributed by atoms with van der Waals surface area (Å²) in [4.78, 5) is 11.6. The summed E-state index contributed by atoms with van der Waals surface area (Å²) in [6, 6.07) is 8.44. The smallest absolute Gasteiger partial charge is 0.275 e. The number of non-ortho nitro benzene ring substituents is 1. The van der Waals surface area contributed by atoms with E-state index in [4.69, 9.17) is 16.3 Å². The van der Waals surface area contributed by atoms with Gasteiger partial charge in [-0.1, -0.05) is 18.5 Å². The van der Waals surface area contributed by atoms with Crippen LogP contribution in [0.2, 0.25) is 4.34 Å². The molecule has 0 spiro atoms. The highest BCUT2D eigenvalue weighted by molar-refractivity contribution is 7.16. The second kappa shape index (κ2) is 7.28. The van der Waals surface area contributed by atoms with Gasteiger partial charge in [-0.25, -0.2) is 0 Å². The van der Waals surface area contributed by atoms with Crippen molar-refractivity contribution >= 4 is 34.3 Å². The third-order valence-corrected chi connectivity index (χ3v) is 3.90. The van der Waals surface area contributed by atoms with Gasteiger partial charge in [-0.05, 0) is 18.6 Å². The number of benzene rings is 1. The highest BCUT2D eigenvalue weighted by atomic mass is 35.5. The lowest BCUT2D eigenvalue weighted by Gasteiger charge is -2.09. The van der Waals surface area contributed by atoms with Crippen LogP contribution in [0.25, 0.3) is 0 Å². The maximum Gasteiger partial charge on any atom is 0.275 e. The van der Waals surface area contributed by atoms with Crippen molar-refractivity contribution in [2.24, 2.45) is 0 Å². The lowest BCUT2D eigenvalue weighted by atomic mass is 10.2. The molecule has 112 valence electrons. The van der Waals surface area contributed by atoms with E-state index in [0.717, 1.165) is 15.6 Å². The quantitative estimate of drug-likeness (QED) is 0.591. The first-order valence-electron chi connectivity index (χ1n) is 6.49. The zero-order chi connectivity index (χ0) is 15.2. The Bertz CT molecular complexity index is 630. The Hall–Kier alpha value is -1.79. The van der Waals surface area contributed by atoms with Gasteiger partial charge in [0, 0.05) is 29.2 Å². The molecule has 0 fully saturated rings. The van der Waals surface area contributed by atoms with Crippen LogP contribution in [0.4, 0.5) is 11.4 Å². The number of nitrogens with zero attached hydrogens (tertiary/aromatic N) is 1. The number of ether oxygens (including phenoxy) is 1. The zero-order valence-electron chi connectivity index (χ0n) is 11.5. The molecule has 2 rings (SSSR count). The van der Waals surface area contributed by atoms with Crippen LogP contribution < -0.4 is 10.1 Å². The second-order valence-corrected chi connectivity index (χ2v) is 6.18. The first kappa shape index (κ1) is 15.6. The van der Waals surface area contributed by atoms with Crippen molar-refractivity contribution in [3.63, 3.8) is 0 Å². The molecule has 21 heavy (non-hydrogen) atoms. The number of anilines is 1. The van der Waals surface area contributed by atoms with Gasteiger partial charge in [0.1, 0.15) is 5.75 Å². The van der Waals surface area contributed by atoms with Crippen molar-refractivity contribution in [2.75, 3.05) is 11.9 Å². The fourth-order valence-corrected chi connectivity index (χ4v) is 2.76. The Morgan fingerprint density at radius 1 is 1.38 bits per heavy atom.